The molecule has 4 rings (SSSR count). The Labute approximate surface area is 182 Å². The van der Waals surface area contributed by atoms with Gasteiger partial charge in [-0.25, -0.2) is 14.4 Å². The van der Waals surface area contributed by atoms with E-state index in [9.17, 15) is 9.65 Å². The highest BCUT2D eigenvalue weighted by Gasteiger charge is 2.23. The predicted molar refractivity (Wildman–Crippen MR) is 118 cm³/mol. The first-order valence-electron chi connectivity index (χ1n) is 9.48. The SMILES string of the molecule is Cc1nc2c(s1)CN/C(=C(/C#N)C=N)c1cnc(N)c(c1)OC(C)c1cc(F)ccc1-2. The Bertz CT molecular complexity index is 1260. The molecule has 7 nitrogen and oxygen atoms in total. The minimum absolute atomic E-state index is 0.146. The molecule has 3 aromatic rings. The smallest absolute Gasteiger partial charge is 0.166 e. The van der Waals surface area contributed by atoms with E-state index >= 15 is 0 Å². The number of hydrogen-bond acceptors (Lipinski definition) is 8. The Kier molecular flexibility index (Phi) is 5.40. The first kappa shape index (κ1) is 20.5. The number of fused-ring (bicyclic) bond motifs is 5. The molecule has 0 radical (unpaired) electrons. The number of aromatic nitrogens is 2. The van der Waals surface area contributed by atoms with E-state index in [4.69, 9.17) is 15.9 Å². The molecule has 0 saturated carbocycles. The lowest BCUT2D eigenvalue weighted by atomic mass is 9.99. The number of nitrogens with one attached hydrogen (secondary N) is 2. The van der Waals surface area contributed by atoms with Crippen LogP contribution in [0.5, 0.6) is 5.75 Å². The van der Waals surface area contributed by atoms with Crippen molar-refractivity contribution in [3.63, 3.8) is 0 Å². The van der Waals surface area contributed by atoms with Crippen molar-refractivity contribution in [1.29, 1.82) is 10.7 Å². The summed E-state index contributed by atoms with van der Waals surface area (Å²) in [5.74, 6) is 0.100. The highest BCUT2D eigenvalue weighted by molar-refractivity contribution is 7.12. The van der Waals surface area contributed by atoms with E-state index in [-0.39, 0.29) is 17.2 Å². The molecule has 0 aliphatic carbocycles. The molecule has 1 aliphatic rings. The molecular weight excluding hydrogens is 415 g/mol. The fourth-order valence-corrected chi connectivity index (χ4v) is 4.40. The van der Waals surface area contributed by atoms with E-state index in [1.54, 1.807) is 12.1 Å². The van der Waals surface area contributed by atoms with Crippen LogP contribution < -0.4 is 15.8 Å². The summed E-state index contributed by atoms with van der Waals surface area (Å²) < 4.78 is 20.2. The van der Waals surface area contributed by atoms with Crippen molar-refractivity contribution in [1.82, 2.24) is 15.3 Å². The Morgan fingerprint density at radius 1 is 1.45 bits per heavy atom. The van der Waals surface area contributed by atoms with Crippen molar-refractivity contribution >= 4 is 29.1 Å². The van der Waals surface area contributed by atoms with Crippen molar-refractivity contribution < 1.29 is 9.13 Å². The number of nitriles is 1. The minimum Gasteiger partial charge on any atom is -0.482 e. The quantitative estimate of drug-likeness (QED) is 0.386. The monoisotopic (exact) mass is 434 g/mol. The molecule has 9 heteroatoms. The summed E-state index contributed by atoms with van der Waals surface area (Å²) in [4.78, 5) is 9.79. The normalized spacial score (nSPS) is 16.9. The van der Waals surface area contributed by atoms with Crippen LogP contribution in [0.25, 0.3) is 17.0 Å². The molecule has 1 unspecified atom stereocenters. The molecule has 0 fully saturated rings. The van der Waals surface area contributed by atoms with Crippen LogP contribution in [0, 0.1) is 29.5 Å². The molecule has 2 aromatic heterocycles. The topological polar surface area (TPSA) is 121 Å². The number of aryl methyl sites for hydroxylation is 1. The van der Waals surface area contributed by atoms with E-state index in [1.807, 2.05) is 19.9 Å². The maximum absolute atomic E-state index is 14.1. The summed E-state index contributed by atoms with van der Waals surface area (Å²) in [6.45, 7) is 4.07. The molecule has 0 saturated heterocycles. The molecule has 1 aromatic carbocycles. The fourth-order valence-electron chi connectivity index (χ4n) is 3.51. The van der Waals surface area contributed by atoms with Crippen molar-refractivity contribution in [2.75, 3.05) is 5.73 Å². The molecule has 4 N–H and O–H groups in total. The van der Waals surface area contributed by atoms with Crippen LogP contribution in [0.1, 0.15) is 34.0 Å². The second-order valence-electron chi connectivity index (χ2n) is 7.00. The number of nitrogen functional groups attached to an aromatic ring is 1. The van der Waals surface area contributed by atoms with Gasteiger partial charge in [0, 0.05) is 29.1 Å². The lowest BCUT2D eigenvalue weighted by molar-refractivity contribution is 0.227. The highest BCUT2D eigenvalue weighted by Crippen LogP contribution is 2.37. The van der Waals surface area contributed by atoms with Crippen molar-refractivity contribution in [3.8, 4) is 23.1 Å². The number of pyridine rings is 1. The van der Waals surface area contributed by atoms with Crippen LogP contribution in [0.15, 0.2) is 36.0 Å². The van der Waals surface area contributed by atoms with Crippen LogP contribution in [-0.4, -0.2) is 16.2 Å². The average Bonchev–Trinajstić information content (AvgIpc) is 3.12. The fraction of sp³-hybridized carbons (Fsp3) is 0.182. The van der Waals surface area contributed by atoms with Crippen LogP contribution in [-0.2, 0) is 6.54 Å². The van der Waals surface area contributed by atoms with Crippen LogP contribution >= 0.6 is 11.3 Å². The first-order valence-corrected chi connectivity index (χ1v) is 10.3. The van der Waals surface area contributed by atoms with Crippen LogP contribution in [0.4, 0.5) is 10.2 Å². The van der Waals surface area contributed by atoms with E-state index < -0.39 is 6.10 Å². The Hall–Kier alpha value is -3.77. The number of rotatable bonds is 1. The first-order chi connectivity index (χ1) is 14.9. The molecule has 0 spiro atoms. The average molecular weight is 435 g/mol. The standard InChI is InChI=1S/C22H19FN6OS/c1-11-17-6-15(23)3-4-16(17)21-19(31-12(2)29-21)10-27-20(14(7-24)8-25)13-5-18(30-11)22(26)28-9-13/h3-7,9,11,24,27H,10H2,1-2H3,(H2,26,28)/b20-14+,24-7?. The zero-order valence-corrected chi connectivity index (χ0v) is 17.7. The van der Waals surface area contributed by atoms with E-state index in [0.29, 0.717) is 29.1 Å². The van der Waals surface area contributed by atoms with Gasteiger partial charge < -0.3 is 21.2 Å². The van der Waals surface area contributed by atoms with Crippen molar-refractivity contribution in [2.45, 2.75) is 26.5 Å². The number of benzene rings is 1. The zero-order chi connectivity index (χ0) is 22.1. The lowest BCUT2D eigenvalue weighted by Crippen LogP contribution is -2.16. The third-order valence-corrected chi connectivity index (χ3v) is 5.92. The number of halogens is 1. The molecule has 0 amide bonds. The maximum Gasteiger partial charge on any atom is 0.166 e. The van der Waals surface area contributed by atoms with Gasteiger partial charge in [0.25, 0.3) is 0 Å². The minimum atomic E-state index is -0.544. The second-order valence-corrected chi connectivity index (χ2v) is 8.29. The second kappa shape index (κ2) is 8.16. The summed E-state index contributed by atoms with van der Waals surface area (Å²) in [5, 5.41) is 21.3. The third kappa shape index (κ3) is 3.85. The summed E-state index contributed by atoms with van der Waals surface area (Å²) in [6.07, 6.45) is 1.97. The van der Waals surface area contributed by atoms with Gasteiger partial charge in [0.15, 0.2) is 11.6 Å². The van der Waals surface area contributed by atoms with Gasteiger partial charge in [-0.3, -0.25) is 0 Å². The van der Waals surface area contributed by atoms with Gasteiger partial charge in [-0.15, -0.1) is 11.3 Å². The van der Waals surface area contributed by atoms with E-state index in [0.717, 1.165) is 27.4 Å². The number of allylic oxidation sites excluding steroid dienone is 1. The summed E-state index contributed by atoms with van der Waals surface area (Å²) in [5.41, 5.74) is 9.30. The number of thiazole rings is 1. The molecule has 1 atom stereocenters. The number of hydrogen-bond donors (Lipinski definition) is 3. The van der Waals surface area contributed by atoms with Gasteiger partial charge in [-0.2, -0.15) is 5.26 Å². The van der Waals surface area contributed by atoms with Gasteiger partial charge in [-0.05, 0) is 38.1 Å². The van der Waals surface area contributed by atoms with E-state index in [1.165, 1.54) is 29.7 Å². The van der Waals surface area contributed by atoms with Crippen LogP contribution in [0.3, 0.4) is 0 Å². The molecule has 2 bridgehead atoms. The van der Waals surface area contributed by atoms with Gasteiger partial charge in [0.2, 0.25) is 0 Å². The van der Waals surface area contributed by atoms with Crippen molar-refractivity contribution in [3.05, 3.63) is 62.9 Å². The van der Waals surface area contributed by atoms with Crippen LogP contribution in [0.2, 0.25) is 0 Å². The number of nitrogens with two attached hydrogens (primary N) is 1. The number of nitrogens with zero attached hydrogens (tertiary/aromatic N) is 3. The third-order valence-electron chi connectivity index (χ3n) is 4.95. The van der Waals surface area contributed by atoms with E-state index in [2.05, 4.69) is 15.3 Å². The van der Waals surface area contributed by atoms with Crippen molar-refractivity contribution in [2.24, 2.45) is 0 Å². The molecule has 156 valence electrons. The Balaban J connectivity index is 1.98. The summed E-state index contributed by atoms with van der Waals surface area (Å²) in [7, 11) is 0. The lowest BCUT2D eigenvalue weighted by Gasteiger charge is -2.21. The van der Waals surface area contributed by atoms with Gasteiger partial charge in [-0.1, -0.05) is 0 Å². The largest absolute Gasteiger partial charge is 0.482 e. The van der Waals surface area contributed by atoms with Gasteiger partial charge in [0.1, 0.15) is 18.0 Å². The molecule has 1 aliphatic heterocycles. The number of anilines is 1. The van der Waals surface area contributed by atoms with Gasteiger partial charge >= 0.3 is 0 Å². The summed E-state index contributed by atoms with van der Waals surface area (Å²) >= 11 is 1.51. The molecule has 3 heterocycles. The highest BCUT2D eigenvalue weighted by atomic mass is 32.1. The Morgan fingerprint density at radius 3 is 3.00 bits per heavy atom. The predicted octanol–water partition coefficient (Wildman–Crippen LogP) is 4.36. The Morgan fingerprint density at radius 2 is 2.26 bits per heavy atom. The van der Waals surface area contributed by atoms with Gasteiger partial charge in [0.05, 0.1) is 33.4 Å². The molecular formula is C22H19FN6OS. The number of ether oxygens (including phenoxy) is 1. The zero-order valence-electron chi connectivity index (χ0n) is 16.9. The molecule has 31 heavy (non-hydrogen) atoms. The maximum atomic E-state index is 14.1. The summed E-state index contributed by atoms with van der Waals surface area (Å²) in [6, 6.07) is 8.24.